The Kier molecular flexibility index (Phi) is 7.43. The van der Waals surface area contributed by atoms with E-state index in [4.69, 9.17) is 4.74 Å². The van der Waals surface area contributed by atoms with Gasteiger partial charge >= 0.3 is 0 Å². The molecule has 3 rings (SSSR count). The first-order chi connectivity index (χ1) is 14.5. The van der Waals surface area contributed by atoms with E-state index in [9.17, 15) is 9.59 Å². The Morgan fingerprint density at radius 3 is 2.30 bits per heavy atom. The summed E-state index contributed by atoms with van der Waals surface area (Å²) in [5, 5.41) is 5.48. The number of nitrogens with one attached hydrogen (secondary N) is 2. The monoisotopic (exact) mass is 410 g/mol. The van der Waals surface area contributed by atoms with Crippen LogP contribution in [0.5, 0.6) is 5.75 Å². The first kappa shape index (κ1) is 21.8. The molecule has 0 bridgehead atoms. The molecule has 1 fully saturated rings. The topological polar surface area (TPSA) is 73.9 Å². The number of rotatable bonds is 7. The molecule has 1 aliphatic heterocycles. The number of carbonyl (C=O) groups excluding carboxylic acids is 2. The number of hydrogen-bond donors (Lipinski definition) is 2. The van der Waals surface area contributed by atoms with Crippen molar-refractivity contribution in [1.82, 2.24) is 15.1 Å². The predicted octanol–water partition coefficient (Wildman–Crippen LogP) is 2.12. The third kappa shape index (κ3) is 5.81. The Labute approximate surface area is 178 Å². The molecule has 7 heteroatoms. The van der Waals surface area contributed by atoms with Gasteiger partial charge in [0.25, 0.3) is 5.91 Å². The minimum Gasteiger partial charge on any atom is -0.496 e. The van der Waals surface area contributed by atoms with Crippen molar-refractivity contribution >= 4 is 17.5 Å². The first-order valence-electron chi connectivity index (χ1n) is 10.2. The van der Waals surface area contributed by atoms with Gasteiger partial charge in [-0.2, -0.15) is 0 Å². The maximum Gasteiger partial charge on any atom is 0.251 e. The fourth-order valence-corrected chi connectivity index (χ4v) is 3.63. The molecule has 2 aromatic carbocycles. The number of anilines is 1. The normalized spacial score (nSPS) is 14.9. The highest BCUT2D eigenvalue weighted by atomic mass is 16.5. The second-order valence-electron chi connectivity index (χ2n) is 7.57. The van der Waals surface area contributed by atoms with Gasteiger partial charge in [-0.25, -0.2) is 0 Å². The zero-order chi connectivity index (χ0) is 21.5. The molecule has 0 radical (unpaired) electrons. The molecule has 1 heterocycles. The number of hydrogen-bond acceptors (Lipinski definition) is 5. The molecule has 0 unspecified atom stereocenters. The van der Waals surface area contributed by atoms with Crippen LogP contribution in [0.25, 0.3) is 0 Å². The number of aryl methyl sites for hydroxylation is 1. The smallest absolute Gasteiger partial charge is 0.251 e. The van der Waals surface area contributed by atoms with E-state index in [-0.39, 0.29) is 11.8 Å². The van der Waals surface area contributed by atoms with Crippen LogP contribution in [-0.2, 0) is 11.3 Å². The van der Waals surface area contributed by atoms with Crippen LogP contribution in [0.4, 0.5) is 5.69 Å². The predicted molar refractivity (Wildman–Crippen MR) is 118 cm³/mol. The quantitative estimate of drug-likeness (QED) is 0.732. The lowest BCUT2D eigenvalue weighted by Crippen LogP contribution is -2.48. The van der Waals surface area contributed by atoms with E-state index >= 15 is 0 Å². The van der Waals surface area contributed by atoms with Gasteiger partial charge in [0, 0.05) is 56.6 Å². The summed E-state index contributed by atoms with van der Waals surface area (Å²) in [6.07, 6.45) is 0. The first-order valence-corrected chi connectivity index (χ1v) is 10.2. The summed E-state index contributed by atoms with van der Waals surface area (Å²) in [5.41, 5.74) is 3.68. The summed E-state index contributed by atoms with van der Waals surface area (Å²) in [5.74, 6) is 0.732. The maximum absolute atomic E-state index is 12.4. The van der Waals surface area contributed by atoms with Crippen LogP contribution in [0.3, 0.4) is 0 Å². The zero-order valence-electron chi connectivity index (χ0n) is 17.9. The summed E-state index contributed by atoms with van der Waals surface area (Å²) in [4.78, 5) is 28.5. The lowest BCUT2D eigenvalue weighted by Gasteiger charge is -2.34. The fourth-order valence-electron chi connectivity index (χ4n) is 3.63. The zero-order valence-corrected chi connectivity index (χ0v) is 17.9. The highest BCUT2D eigenvalue weighted by Crippen LogP contribution is 2.22. The summed E-state index contributed by atoms with van der Waals surface area (Å²) in [6, 6.07) is 13.1. The number of benzene rings is 2. The van der Waals surface area contributed by atoms with Crippen molar-refractivity contribution in [3.05, 3.63) is 59.2 Å². The number of carbonyl (C=O) groups is 2. The Morgan fingerprint density at radius 2 is 1.67 bits per heavy atom. The highest BCUT2D eigenvalue weighted by molar-refractivity contribution is 5.96. The van der Waals surface area contributed by atoms with Gasteiger partial charge in [-0.05, 0) is 37.3 Å². The average molecular weight is 411 g/mol. The van der Waals surface area contributed by atoms with Crippen molar-refractivity contribution in [2.24, 2.45) is 0 Å². The molecule has 160 valence electrons. The molecule has 2 amide bonds. The van der Waals surface area contributed by atoms with Crippen molar-refractivity contribution in [3.8, 4) is 5.75 Å². The molecule has 0 spiro atoms. The van der Waals surface area contributed by atoms with E-state index in [0.717, 1.165) is 38.5 Å². The van der Waals surface area contributed by atoms with Crippen LogP contribution < -0.4 is 15.4 Å². The van der Waals surface area contributed by atoms with Crippen LogP contribution in [0.15, 0.2) is 42.5 Å². The minimum atomic E-state index is -0.144. The summed E-state index contributed by atoms with van der Waals surface area (Å²) < 4.78 is 5.49. The number of methoxy groups -OCH3 is 1. The molecular formula is C23H30N4O3. The van der Waals surface area contributed by atoms with Gasteiger partial charge < -0.3 is 15.4 Å². The Balaban J connectivity index is 1.46. The van der Waals surface area contributed by atoms with Gasteiger partial charge in [-0.15, -0.1) is 0 Å². The Bertz CT molecular complexity index is 875. The second-order valence-corrected chi connectivity index (χ2v) is 7.57. The lowest BCUT2D eigenvalue weighted by molar-refractivity contribution is -0.117. The average Bonchev–Trinajstić information content (AvgIpc) is 2.75. The van der Waals surface area contributed by atoms with Gasteiger partial charge in [0.2, 0.25) is 5.91 Å². The standard InChI is InChI=1S/C23H30N4O3/c1-17-4-9-21(30-3)19(14-17)15-26-10-12-27(13-11-26)16-22(28)25-20-7-5-18(6-8-20)23(29)24-2/h4-9,14H,10-13,15-16H2,1-3H3,(H,24,29)(H,25,28). The molecule has 7 nitrogen and oxygen atoms in total. The second kappa shape index (κ2) is 10.2. The van der Waals surface area contributed by atoms with E-state index < -0.39 is 0 Å². The van der Waals surface area contributed by atoms with E-state index in [1.54, 1.807) is 38.4 Å². The van der Waals surface area contributed by atoms with E-state index in [2.05, 4.69) is 39.5 Å². The van der Waals surface area contributed by atoms with E-state index in [1.165, 1.54) is 11.1 Å². The Hall–Kier alpha value is -2.90. The number of amides is 2. The van der Waals surface area contributed by atoms with Crippen LogP contribution in [-0.4, -0.2) is 68.5 Å². The molecule has 30 heavy (non-hydrogen) atoms. The van der Waals surface area contributed by atoms with Crippen LogP contribution in [0.2, 0.25) is 0 Å². The van der Waals surface area contributed by atoms with Crippen LogP contribution in [0, 0.1) is 6.92 Å². The summed E-state index contributed by atoms with van der Waals surface area (Å²) in [7, 11) is 3.30. The third-order valence-electron chi connectivity index (χ3n) is 5.32. The van der Waals surface area contributed by atoms with Gasteiger partial charge in [0.15, 0.2) is 0 Å². The van der Waals surface area contributed by atoms with Crippen LogP contribution in [0.1, 0.15) is 21.5 Å². The van der Waals surface area contributed by atoms with E-state index in [1.807, 2.05) is 6.07 Å². The van der Waals surface area contributed by atoms with Crippen molar-refractivity contribution in [3.63, 3.8) is 0 Å². The Morgan fingerprint density at radius 1 is 1.00 bits per heavy atom. The van der Waals surface area contributed by atoms with Gasteiger partial charge in [0.05, 0.1) is 13.7 Å². The molecule has 0 aliphatic carbocycles. The number of piperazine rings is 1. The van der Waals surface area contributed by atoms with Crippen molar-refractivity contribution in [1.29, 1.82) is 0 Å². The minimum absolute atomic E-state index is 0.0449. The number of ether oxygens (including phenoxy) is 1. The SMILES string of the molecule is CNC(=O)c1ccc(NC(=O)CN2CCN(Cc3cc(C)ccc3OC)CC2)cc1. The summed E-state index contributed by atoms with van der Waals surface area (Å²) >= 11 is 0. The molecule has 0 atom stereocenters. The van der Waals surface area contributed by atoms with Gasteiger partial charge in [0.1, 0.15) is 5.75 Å². The maximum atomic E-state index is 12.4. The van der Waals surface area contributed by atoms with Gasteiger partial charge in [-0.3, -0.25) is 19.4 Å². The van der Waals surface area contributed by atoms with Crippen LogP contribution >= 0.6 is 0 Å². The molecule has 2 N–H and O–H groups in total. The van der Waals surface area contributed by atoms with Crippen molar-refractivity contribution in [2.45, 2.75) is 13.5 Å². The van der Waals surface area contributed by atoms with Gasteiger partial charge in [-0.1, -0.05) is 17.7 Å². The molecule has 1 aliphatic rings. The van der Waals surface area contributed by atoms with Crippen molar-refractivity contribution < 1.29 is 14.3 Å². The van der Waals surface area contributed by atoms with E-state index in [0.29, 0.717) is 17.8 Å². The third-order valence-corrected chi connectivity index (χ3v) is 5.32. The fraction of sp³-hybridized carbons (Fsp3) is 0.391. The lowest BCUT2D eigenvalue weighted by atomic mass is 10.1. The molecule has 0 saturated carbocycles. The largest absolute Gasteiger partial charge is 0.496 e. The molecule has 1 saturated heterocycles. The highest BCUT2D eigenvalue weighted by Gasteiger charge is 2.20. The summed E-state index contributed by atoms with van der Waals surface area (Å²) in [6.45, 7) is 6.80. The molecule has 2 aromatic rings. The molecule has 0 aromatic heterocycles. The number of nitrogens with zero attached hydrogens (tertiary/aromatic N) is 2. The van der Waals surface area contributed by atoms with Crippen molar-refractivity contribution in [2.75, 3.05) is 52.2 Å². The molecular weight excluding hydrogens is 380 g/mol.